The van der Waals surface area contributed by atoms with Gasteiger partial charge in [0.05, 0.1) is 12.4 Å². The molecule has 0 unspecified atom stereocenters. The molecule has 0 aliphatic rings. The van der Waals surface area contributed by atoms with Gasteiger partial charge in [-0.1, -0.05) is 0 Å². The monoisotopic (exact) mass is 245 g/mol. The number of carboxylic acids is 1. The van der Waals surface area contributed by atoms with Crippen molar-refractivity contribution in [2.24, 2.45) is 16.5 Å². The maximum Gasteiger partial charge on any atom is 0.323 e. The number of allylic oxidation sites excluding steroid dienone is 1. The number of carbonyl (C=O) groups is 1. The van der Waals surface area contributed by atoms with Gasteiger partial charge in [0.25, 0.3) is 0 Å². The topological polar surface area (TPSA) is 102 Å². The lowest BCUT2D eigenvalue weighted by Crippen LogP contribution is -2.44. The number of nitrogens with zero attached hydrogens (tertiary/aromatic N) is 1. The fraction of sp³-hybridized carbons (Fsp3) is 0.636. The molecule has 0 heterocycles. The Balaban J connectivity index is 4.43. The summed E-state index contributed by atoms with van der Waals surface area (Å²) in [6.45, 7) is 4.76. The Hall–Kier alpha value is -1.43. The summed E-state index contributed by atoms with van der Waals surface area (Å²) in [6, 6.07) is 0. The maximum atomic E-state index is 13.6. The lowest BCUT2D eigenvalue weighted by molar-refractivity contribution is -0.142. The van der Waals surface area contributed by atoms with Crippen LogP contribution in [0.1, 0.15) is 33.6 Å². The largest absolute Gasteiger partial charge is 0.480 e. The van der Waals surface area contributed by atoms with E-state index in [-0.39, 0.29) is 25.2 Å². The molecule has 0 amide bonds. The minimum atomic E-state index is -1.41. The average Bonchev–Trinajstić information content (AvgIpc) is 2.22. The standard InChI is InChI=1S/C11H20FN3O2/c1-7(6-15-8(2)13)9(12)4-5-11(3,14)10(16)17/h4-6,14H2,1-3H3,(H2,13,15)(H,16,17)/b9-7+/t11-/m1/s1. The zero-order valence-electron chi connectivity index (χ0n) is 10.5. The SMILES string of the molecule is CC(N)=NC/C(C)=C(/F)CC[C@@](C)(N)C(=O)O. The van der Waals surface area contributed by atoms with E-state index in [1.54, 1.807) is 13.8 Å². The van der Waals surface area contributed by atoms with Crippen LogP contribution in [0.5, 0.6) is 0 Å². The van der Waals surface area contributed by atoms with Gasteiger partial charge < -0.3 is 16.6 Å². The number of rotatable bonds is 6. The van der Waals surface area contributed by atoms with E-state index in [9.17, 15) is 9.18 Å². The van der Waals surface area contributed by atoms with E-state index in [0.29, 0.717) is 11.4 Å². The molecule has 0 spiro atoms. The third-order valence-corrected chi connectivity index (χ3v) is 2.38. The predicted molar refractivity (Wildman–Crippen MR) is 65.4 cm³/mol. The van der Waals surface area contributed by atoms with Gasteiger partial charge in [-0.25, -0.2) is 4.39 Å². The molecule has 0 radical (unpaired) electrons. The van der Waals surface area contributed by atoms with Crippen LogP contribution in [-0.4, -0.2) is 29.0 Å². The molecule has 0 aromatic rings. The molecular formula is C11H20FN3O2. The molecule has 6 heteroatoms. The molecule has 0 aromatic heterocycles. The predicted octanol–water partition coefficient (Wildman–Crippen LogP) is 1.19. The number of nitrogens with two attached hydrogens (primary N) is 2. The second-order valence-electron chi connectivity index (χ2n) is 4.37. The lowest BCUT2D eigenvalue weighted by atomic mass is 9.96. The molecule has 0 aliphatic heterocycles. The van der Waals surface area contributed by atoms with Crippen LogP contribution in [-0.2, 0) is 4.79 Å². The highest BCUT2D eigenvalue weighted by atomic mass is 19.1. The van der Waals surface area contributed by atoms with Crippen molar-refractivity contribution >= 4 is 11.8 Å². The average molecular weight is 245 g/mol. The number of halogens is 1. The zero-order chi connectivity index (χ0) is 13.6. The van der Waals surface area contributed by atoms with E-state index in [1.807, 2.05) is 0 Å². The maximum absolute atomic E-state index is 13.6. The Morgan fingerprint density at radius 1 is 1.47 bits per heavy atom. The van der Waals surface area contributed by atoms with Crippen molar-refractivity contribution in [1.82, 2.24) is 0 Å². The van der Waals surface area contributed by atoms with Crippen molar-refractivity contribution in [3.05, 3.63) is 11.4 Å². The van der Waals surface area contributed by atoms with Crippen molar-refractivity contribution in [3.8, 4) is 0 Å². The van der Waals surface area contributed by atoms with Gasteiger partial charge in [-0.05, 0) is 32.8 Å². The molecule has 0 rings (SSSR count). The van der Waals surface area contributed by atoms with Crippen molar-refractivity contribution in [2.45, 2.75) is 39.2 Å². The number of aliphatic carboxylic acids is 1. The number of amidine groups is 1. The van der Waals surface area contributed by atoms with E-state index < -0.39 is 11.5 Å². The lowest BCUT2D eigenvalue weighted by Gasteiger charge is -2.18. The molecule has 1 atom stereocenters. The van der Waals surface area contributed by atoms with Crippen LogP contribution < -0.4 is 11.5 Å². The summed E-state index contributed by atoms with van der Waals surface area (Å²) < 4.78 is 13.6. The summed E-state index contributed by atoms with van der Waals surface area (Å²) in [5, 5.41) is 8.77. The first-order valence-electron chi connectivity index (χ1n) is 5.29. The van der Waals surface area contributed by atoms with E-state index in [2.05, 4.69) is 4.99 Å². The van der Waals surface area contributed by atoms with Crippen LogP contribution in [0.3, 0.4) is 0 Å². The molecule has 0 bridgehead atoms. The van der Waals surface area contributed by atoms with Crippen molar-refractivity contribution in [1.29, 1.82) is 0 Å². The smallest absolute Gasteiger partial charge is 0.323 e. The molecule has 0 saturated carbocycles. The fourth-order valence-corrected chi connectivity index (χ4v) is 1.02. The van der Waals surface area contributed by atoms with Gasteiger partial charge in [0.2, 0.25) is 0 Å². The highest BCUT2D eigenvalue weighted by Crippen LogP contribution is 2.18. The summed E-state index contributed by atoms with van der Waals surface area (Å²) in [6.07, 6.45) is 0.0289. The van der Waals surface area contributed by atoms with Gasteiger partial charge in [0.15, 0.2) is 0 Å². The van der Waals surface area contributed by atoms with Gasteiger partial charge in [-0.2, -0.15) is 0 Å². The third-order valence-electron chi connectivity index (χ3n) is 2.38. The normalized spacial score (nSPS) is 17.4. The van der Waals surface area contributed by atoms with Crippen LogP contribution in [0, 0.1) is 0 Å². The Bertz CT molecular complexity index is 345. The molecule has 0 fully saturated rings. The van der Waals surface area contributed by atoms with Gasteiger partial charge >= 0.3 is 5.97 Å². The van der Waals surface area contributed by atoms with Gasteiger partial charge in [0, 0.05) is 6.42 Å². The summed E-state index contributed by atoms with van der Waals surface area (Å²) in [5.74, 6) is -1.14. The fourth-order valence-electron chi connectivity index (χ4n) is 1.02. The van der Waals surface area contributed by atoms with Crippen LogP contribution in [0.25, 0.3) is 0 Å². The summed E-state index contributed by atoms with van der Waals surface area (Å²) in [4.78, 5) is 14.6. The Morgan fingerprint density at radius 2 is 2.00 bits per heavy atom. The number of hydrogen-bond acceptors (Lipinski definition) is 3. The first kappa shape index (κ1) is 15.6. The quantitative estimate of drug-likeness (QED) is 0.483. The first-order valence-corrected chi connectivity index (χ1v) is 5.29. The minimum Gasteiger partial charge on any atom is -0.480 e. The second-order valence-corrected chi connectivity index (χ2v) is 4.37. The van der Waals surface area contributed by atoms with E-state index in [1.165, 1.54) is 6.92 Å². The molecule has 0 saturated heterocycles. The van der Waals surface area contributed by atoms with E-state index >= 15 is 0 Å². The van der Waals surface area contributed by atoms with Gasteiger partial charge in [-0.3, -0.25) is 9.79 Å². The third kappa shape index (κ3) is 6.01. The number of carboxylic acid groups (broad SMARTS) is 1. The van der Waals surface area contributed by atoms with Crippen molar-refractivity contribution in [3.63, 3.8) is 0 Å². The molecule has 0 aromatic carbocycles. The highest BCUT2D eigenvalue weighted by Gasteiger charge is 2.27. The Morgan fingerprint density at radius 3 is 2.41 bits per heavy atom. The molecule has 5 nitrogen and oxygen atoms in total. The van der Waals surface area contributed by atoms with Crippen molar-refractivity contribution < 1.29 is 14.3 Å². The summed E-state index contributed by atoms with van der Waals surface area (Å²) >= 11 is 0. The van der Waals surface area contributed by atoms with Crippen LogP contribution >= 0.6 is 0 Å². The van der Waals surface area contributed by atoms with Crippen LogP contribution in [0.2, 0.25) is 0 Å². The summed E-state index contributed by atoms with van der Waals surface area (Å²) in [5.41, 5.74) is 9.85. The molecular weight excluding hydrogens is 225 g/mol. The minimum absolute atomic E-state index is 0.00965. The molecule has 17 heavy (non-hydrogen) atoms. The Kier molecular flexibility index (Phi) is 5.81. The first-order chi connectivity index (χ1) is 7.66. The zero-order valence-corrected chi connectivity index (χ0v) is 10.5. The van der Waals surface area contributed by atoms with Gasteiger partial charge in [-0.15, -0.1) is 0 Å². The molecule has 5 N–H and O–H groups in total. The van der Waals surface area contributed by atoms with Crippen LogP contribution in [0.4, 0.5) is 4.39 Å². The number of hydrogen-bond donors (Lipinski definition) is 3. The van der Waals surface area contributed by atoms with Crippen molar-refractivity contribution in [2.75, 3.05) is 6.54 Å². The van der Waals surface area contributed by atoms with E-state index in [4.69, 9.17) is 16.6 Å². The Labute approximate surface area is 100 Å². The van der Waals surface area contributed by atoms with Crippen LogP contribution in [0.15, 0.2) is 16.4 Å². The number of aliphatic imine (C=N–C) groups is 1. The molecule has 98 valence electrons. The van der Waals surface area contributed by atoms with Gasteiger partial charge in [0.1, 0.15) is 11.4 Å². The second kappa shape index (κ2) is 6.34. The summed E-state index contributed by atoms with van der Waals surface area (Å²) in [7, 11) is 0. The molecule has 0 aliphatic carbocycles. The highest BCUT2D eigenvalue weighted by molar-refractivity contribution is 5.78. The van der Waals surface area contributed by atoms with E-state index in [0.717, 1.165) is 0 Å².